The van der Waals surface area contributed by atoms with E-state index in [1.807, 2.05) is 0 Å². The Labute approximate surface area is 114 Å². The molecule has 4 heteroatoms. The summed E-state index contributed by atoms with van der Waals surface area (Å²) in [6, 6.07) is 3.10. The van der Waals surface area contributed by atoms with Crippen LogP contribution in [0.4, 0.5) is 4.39 Å². The zero-order valence-corrected chi connectivity index (χ0v) is 12.4. The normalized spacial score (nSPS) is 23.3. The first-order chi connectivity index (χ1) is 7.86. The Balaban J connectivity index is 2.34. The van der Waals surface area contributed by atoms with E-state index >= 15 is 0 Å². The van der Waals surface area contributed by atoms with Crippen LogP contribution < -0.4 is 4.74 Å². The topological polar surface area (TPSA) is 9.23 Å². The van der Waals surface area contributed by atoms with Gasteiger partial charge in [-0.05, 0) is 39.8 Å². The average Bonchev–Trinajstić information content (AvgIpc) is 2.90. The van der Waals surface area contributed by atoms with E-state index < -0.39 is 0 Å². The van der Waals surface area contributed by atoms with Gasteiger partial charge in [-0.1, -0.05) is 13.8 Å². The largest absolute Gasteiger partial charge is 0.496 e. The van der Waals surface area contributed by atoms with Gasteiger partial charge in [0.05, 0.1) is 17.0 Å². The van der Waals surface area contributed by atoms with Crippen LogP contribution in [0.15, 0.2) is 16.6 Å². The van der Waals surface area contributed by atoms with Crippen molar-refractivity contribution in [3.05, 3.63) is 28.0 Å². The summed E-state index contributed by atoms with van der Waals surface area (Å²) in [5, 5.41) is -0.128. The second kappa shape index (κ2) is 4.43. The van der Waals surface area contributed by atoms with Crippen molar-refractivity contribution in [2.24, 2.45) is 11.3 Å². The summed E-state index contributed by atoms with van der Waals surface area (Å²) in [7, 11) is 1.54. The molecule has 17 heavy (non-hydrogen) atoms. The maximum Gasteiger partial charge on any atom is 0.141 e. The Bertz CT molecular complexity index is 447. The van der Waals surface area contributed by atoms with Gasteiger partial charge in [0, 0.05) is 11.6 Å². The van der Waals surface area contributed by atoms with E-state index in [1.165, 1.54) is 13.2 Å². The van der Waals surface area contributed by atoms with Gasteiger partial charge in [0.25, 0.3) is 0 Å². The molecule has 2 rings (SSSR count). The second-order valence-corrected chi connectivity index (χ2v) is 6.53. The van der Waals surface area contributed by atoms with Crippen molar-refractivity contribution in [1.29, 1.82) is 0 Å². The number of hydrogen-bond acceptors (Lipinski definition) is 1. The highest BCUT2D eigenvalue weighted by molar-refractivity contribution is 9.10. The predicted octanol–water partition coefficient (Wildman–Crippen LogP) is 4.92. The standard InChI is InChI=1S/C13H15BrClFO/c1-13(2)6-8(13)12(15)7-4-9(14)10(16)5-11(7)17-3/h4-5,8,12H,6H2,1-3H3. The van der Waals surface area contributed by atoms with Gasteiger partial charge in [-0.2, -0.15) is 0 Å². The third-order valence-electron chi connectivity index (χ3n) is 3.51. The summed E-state index contributed by atoms with van der Waals surface area (Å²) in [4.78, 5) is 0. The highest BCUT2D eigenvalue weighted by Crippen LogP contribution is 2.60. The molecule has 1 saturated carbocycles. The number of methoxy groups -OCH3 is 1. The van der Waals surface area contributed by atoms with Gasteiger partial charge >= 0.3 is 0 Å². The fraction of sp³-hybridized carbons (Fsp3) is 0.538. The van der Waals surface area contributed by atoms with Crippen LogP contribution in [-0.4, -0.2) is 7.11 Å². The minimum atomic E-state index is -0.329. The molecular formula is C13H15BrClFO. The minimum Gasteiger partial charge on any atom is -0.496 e. The lowest BCUT2D eigenvalue weighted by atomic mass is 10.0. The van der Waals surface area contributed by atoms with Crippen LogP contribution in [0.5, 0.6) is 5.75 Å². The summed E-state index contributed by atoms with van der Waals surface area (Å²) < 4.78 is 19.0. The van der Waals surface area contributed by atoms with Crippen LogP contribution >= 0.6 is 27.5 Å². The van der Waals surface area contributed by atoms with Crippen molar-refractivity contribution >= 4 is 27.5 Å². The van der Waals surface area contributed by atoms with E-state index in [9.17, 15) is 4.39 Å². The molecule has 2 atom stereocenters. The number of alkyl halides is 1. The average molecular weight is 322 g/mol. The summed E-state index contributed by atoms with van der Waals surface area (Å²) in [6.45, 7) is 4.39. The van der Waals surface area contributed by atoms with E-state index in [0.29, 0.717) is 16.1 Å². The van der Waals surface area contributed by atoms with E-state index in [0.717, 1.165) is 12.0 Å². The van der Waals surface area contributed by atoms with Crippen molar-refractivity contribution in [2.75, 3.05) is 7.11 Å². The van der Waals surface area contributed by atoms with Crippen LogP contribution in [0, 0.1) is 17.2 Å². The van der Waals surface area contributed by atoms with Crippen molar-refractivity contribution in [3.8, 4) is 5.75 Å². The molecule has 0 aromatic heterocycles. The van der Waals surface area contributed by atoms with E-state index in [-0.39, 0.29) is 16.6 Å². The third kappa shape index (κ3) is 2.45. The molecule has 0 heterocycles. The van der Waals surface area contributed by atoms with Gasteiger partial charge in [-0.15, -0.1) is 11.6 Å². The van der Waals surface area contributed by atoms with Crippen LogP contribution in [-0.2, 0) is 0 Å². The lowest BCUT2D eigenvalue weighted by Gasteiger charge is -2.16. The lowest BCUT2D eigenvalue weighted by Crippen LogP contribution is -2.02. The van der Waals surface area contributed by atoms with Crippen molar-refractivity contribution < 1.29 is 9.13 Å². The molecule has 1 nitrogen and oxygen atoms in total. The first-order valence-electron chi connectivity index (χ1n) is 5.54. The molecule has 0 amide bonds. The Kier molecular flexibility index (Phi) is 3.43. The summed E-state index contributed by atoms with van der Waals surface area (Å²) in [6.07, 6.45) is 1.10. The first-order valence-corrected chi connectivity index (χ1v) is 6.77. The summed E-state index contributed by atoms with van der Waals surface area (Å²) in [5.74, 6) is 0.619. The van der Waals surface area contributed by atoms with Crippen molar-refractivity contribution in [1.82, 2.24) is 0 Å². The molecule has 0 radical (unpaired) electrons. The quantitative estimate of drug-likeness (QED) is 0.718. The fourth-order valence-electron chi connectivity index (χ4n) is 2.16. The molecule has 1 aliphatic carbocycles. The minimum absolute atomic E-state index is 0.128. The van der Waals surface area contributed by atoms with E-state index in [4.69, 9.17) is 16.3 Å². The van der Waals surface area contributed by atoms with Crippen LogP contribution in [0.2, 0.25) is 0 Å². The van der Waals surface area contributed by atoms with Crippen LogP contribution in [0.1, 0.15) is 31.2 Å². The number of benzene rings is 1. The molecule has 1 fully saturated rings. The monoisotopic (exact) mass is 320 g/mol. The zero-order valence-electron chi connectivity index (χ0n) is 10.1. The molecule has 0 N–H and O–H groups in total. The van der Waals surface area contributed by atoms with Gasteiger partial charge < -0.3 is 4.74 Å². The second-order valence-electron chi connectivity index (χ2n) is 5.21. The summed E-state index contributed by atoms with van der Waals surface area (Å²) in [5.41, 5.74) is 1.14. The number of ether oxygens (including phenoxy) is 1. The third-order valence-corrected chi connectivity index (χ3v) is 4.66. The van der Waals surface area contributed by atoms with Crippen LogP contribution in [0.3, 0.4) is 0 Å². The molecule has 0 saturated heterocycles. The first kappa shape index (κ1) is 13.2. The fourth-order valence-corrected chi connectivity index (χ4v) is 3.12. The van der Waals surface area contributed by atoms with Crippen molar-refractivity contribution in [3.63, 3.8) is 0 Å². The number of rotatable bonds is 3. The van der Waals surface area contributed by atoms with Crippen LogP contribution in [0.25, 0.3) is 0 Å². The highest BCUT2D eigenvalue weighted by Gasteiger charge is 2.50. The molecule has 1 aromatic rings. The van der Waals surface area contributed by atoms with Gasteiger partial charge in [0.1, 0.15) is 11.6 Å². The van der Waals surface area contributed by atoms with E-state index in [1.54, 1.807) is 6.07 Å². The molecule has 2 unspecified atom stereocenters. The Morgan fingerprint density at radius 2 is 2.12 bits per heavy atom. The predicted molar refractivity (Wildman–Crippen MR) is 71.1 cm³/mol. The molecule has 0 aliphatic heterocycles. The zero-order chi connectivity index (χ0) is 12.8. The maximum absolute atomic E-state index is 13.4. The Morgan fingerprint density at radius 1 is 1.53 bits per heavy atom. The molecule has 94 valence electrons. The van der Waals surface area contributed by atoms with Gasteiger partial charge in [-0.25, -0.2) is 4.39 Å². The lowest BCUT2D eigenvalue weighted by molar-refractivity contribution is 0.402. The molecule has 0 spiro atoms. The Morgan fingerprint density at radius 3 is 2.59 bits per heavy atom. The molecule has 1 aliphatic rings. The number of halogens is 3. The summed E-state index contributed by atoms with van der Waals surface area (Å²) >= 11 is 9.66. The van der Waals surface area contributed by atoms with Gasteiger partial charge in [0.15, 0.2) is 0 Å². The van der Waals surface area contributed by atoms with Gasteiger partial charge in [0.2, 0.25) is 0 Å². The molecule has 0 bridgehead atoms. The maximum atomic E-state index is 13.4. The number of hydrogen-bond donors (Lipinski definition) is 0. The van der Waals surface area contributed by atoms with Gasteiger partial charge in [-0.3, -0.25) is 0 Å². The highest BCUT2D eigenvalue weighted by atomic mass is 79.9. The Hall–Kier alpha value is -0.280. The smallest absolute Gasteiger partial charge is 0.141 e. The molecule has 1 aromatic carbocycles. The SMILES string of the molecule is COc1cc(F)c(Br)cc1C(Cl)C1CC1(C)C. The van der Waals surface area contributed by atoms with E-state index in [2.05, 4.69) is 29.8 Å². The van der Waals surface area contributed by atoms with Crippen molar-refractivity contribution in [2.45, 2.75) is 25.6 Å². The molecular weight excluding hydrogens is 306 g/mol.